The van der Waals surface area contributed by atoms with Crippen molar-refractivity contribution in [2.45, 2.75) is 602 Å². The first-order chi connectivity index (χ1) is 0. The van der Waals surface area contributed by atoms with Crippen LogP contribution >= 0.6 is 0 Å². The fraction of sp³-hybridized carbons (Fsp3) is 1.00. The second kappa shape index (κ2) is 0. The number of hydrogen-bond donors (Lipinski definition) is 0. The highest BCUT2D eigenvalue weighted by atomic mass is 12.1. The largest absolute Gasteiger partial charge is 0.0776 e. The van der Waals surface area contributed by atoms with Crippen molar-refractivity contribution in [2.75, 3.05) is 0 Å². The van der Waals surface area contributed by atoms with Gasteiger partial charge in [-0.3, -0.25) is 0 Å². The molecule has 0 fully saturated rings. The molecule has 0 aliphatic heterocycles. The third kappa shape index (κ3) is 0. The lowest BCUT2D eigenvalue weighted by Crippen LogP contribution is 0.143. The highest BCUT2D eigenvalue weighted by Crippen LogP contribution is 0.224. The van der Waals surface area contributed by atoms with E-state index in [1.165, 1.54) is 0 Å². The molecule has 0 spiro atoms. The Labute approximate surface area is 600 Å². The summed E-state index contributed by atoms with van der Waals surface area (Å²) in [5.41, 5.74) is 0. The first-order valence-electron chi connectivity index (χ1n) is 0. The lowest BCUT2D eigenvalue weighted by Gasteiger charge is -0.0786. The highest BCUT2D eigenvalue weighted by molar-refractivity contribution is 2.58. The van der Waals surface area contributed by atoms with Crippen molar-refractivity contribution >= 4 is 0 Å². The second-order valence-electron chi connectivity index (χ2n) is 0. The minimum absolute atomic E-state index is 0. The van der Waals surface area contributed by atoms with Crippen LogP contribution in [0.1, 0.15) is 603 Å². The summed E-state index contributed by atoms with van der Waals surface area (Å²) in [5.74, 6) is 0. The molecule has 81 heavy (non-hydrogen) atoms. The van der Waals surface area contributed by atoms with Crippen LogP contribution in [0.15, 0.2) is 0 Å². The molecule has 0 amide bonds. The van der Waals surface area contributed by atoms with E-state index in [0.29, 0.717) is 0 Å². The Balaban J connectivity index is 0. The topological polar surface area (TPSA) is 0 Å². The molecule has 0 rings (SSSR count). The zero-order chi connectivity index (χ0) is 0. The van der Waals surface area contributed by atoms with Crippen LogP contribution < -0.4 is 0 Å². The van der Waals surface area contributed by atoms with Crippen LogP contribution in [-0.2, 0) is 0 Å². The van der Waals surface area contributed by atoms with Gasteiger partial charge in [-0.15, -0.1) is 0 Å². The van der Waals surface area contributed by atoms with Crippen molar-refractivity contribution in [3.05, 3.63) is 0 Å². The Hall–Kier alpha value is 0. The van der Waals surface area contributed by atoms with Crippen LogP contribution in [0.4, 0.5) is 0 Å². The standard InChI is InChI=1S/81CH4.H2/h81*1H4;1H/i;;;;;;;;;;;;;;;;;;;;;;;;;;;;;;;;;;;;;;;;;;;;;;;;;;;;;;;;;;;;;;;;;;;;;;;;;;;;;;;;;1+2. The van der Waals surface area contributed by atoms with E-state index in [0.717, 1.165) is 0 Å². The van der Waals surface area contributed by atoms with E-state index in [-0.39, 0.29) is 603 Å². The normalized spacial score (nSPS) is 0. The molecular weight excluding hydrogens is 973 g/mol. The van der Waals surface area contributed by atoms with Crippen molar-refractivity contribution in [2.24, 2.45) is 0 Å². The van der Waals surface area contributed by atoms with Crippen LogP contribution in [0.2, 0.25) is 0 Å². The Morgan fingerprint density at radius 1 is 0.0247 bits per heavy atom. The molecule has 0 atom stereocenters. The van der Waals surface area contributed by atoms with Gasteiger partial charge < -0.3 is 0 Å². The summed E-state index contributed by atoms with van der Waals surface area (Å²) >= 11 is 0. The average molecular weight is 1300 g/mol. The zero-order valence-corrected chi connectivity index (χ0v) is 0. The van der Waals surface area contributed by atoms with Gasteiger partial charge in [-0.25, -0.2) is 0 Å². The molecule has 0 aliphatic rings. The Morgan fingerprint density at radius 2 is 0.0247 bits per heavy atom. The van der Waals surface area contributed by atoms with Crippen molar-refractivity contribution in [3.63, 3.8) is 0 Å². The third-order valence-electron chi connectivity index (χ3n) is 0. The van der Waals surface area contributed by atoms with E-state index in [9.17, 15) is 0 Å². The van der Waals surface area contributed by atoms with Gasteiger partial charge in [0.25, 0.3) is 0 Å². The van der Waals surface area contributed by atoms with Gasteiger partial charge in [-0.05, 0) is 0 Å². The molecule has 0 bridgehead atoms. The maximum Gasteiger partial charge on any atom is 0 e. The van der Waals surface area contributed by atoms with E-state index >= 15 is 0 Å². The van der Waals surface area contributed by atoms with Gasteiger partial charge in [0, 0.05) is 1.43 Å². The summed E-state index contributed by atoms with van der Waals surface area (Å²) in [7, 11) is 0. The molecule has 0 heteroatoms. The number of rotatable bonds is 0. The predicted molar refractivity (Wildman–Crippen MR) is 547 cm³/mol. The second-order valence-corrected chi connectivity index (χ2v) is 0. The molecule has 650 valence electrons. The molecule has 0 unspecified atom stereocenters. The summed E-state index contributed by atoms with van der Waals surface area (Å²) in [6.07, 6.45) is 0. The monoisotopic (exact) mass is 1300 g/mol. The minimum Gasteiger partial charge on any atom is -0.0776 e. The van der Waals surface area contributed by atoms with Crippen molar-refractivity contribution < 1.29 is 1.43 Å². The maximum absolute atomic E-state index is 0. The van der Waals surface area contributed by atoms with Crippen molar-refractivity contribution in [3.8, 4) is 0 Å². The highest BCUT2D eigenvalue weighted by Gasteiger charge is 0.00244. The molecule has 0 saturated heterocycles. The van der Waals surface area contributed by atoms with Crippen molar-refractivity contribution in [1.82, 2.24) is 0 Å². The van der Waals surface area contributed by atoms with Crippen LogP contribution in [0, 0.1) is 0 Å². The van der Waals surface area contributed by atoms with Gasteiger partial charge >= 0.3 is 0 Å². The average Bonchev–Trinajstić information content (AvgIpc) is 0. The molecular formula is C81H326. The minimum atomic E-state index is 0. The van der Waals surface area contributed by atoms with Crippen LogP contribution in [0.25, 0.3) is 0 Å². The third-order valence-corrected chi connectivity index (χ3v) is 0. The van der Waals surface area contributed by atoms with Gasteiger partial charge in [-0.1, -0.05) is 602 Å². The smallest absolute Gasteiger partial charge is 0 e. The first kappa shape index (κ1) is 0. The van der Waals surface area contributed by atoms with Gasteiger partial charge in [0.05, 0.1) is 0 Å². The van der Waals surface area contributed by atoms with Gasteiger partial charge in [-0.2, -0.15) is 0 Å². The number of hydrogen-bond acceptors (Lipinski definition) is 0. The molecule has 0 N–H and O–H groups in total. The summed E-state index contributed by atoms with van der Waals surface area (Å²) in [5, 5.41) is 0. The first-order valence-corrected chi connectivity index (χ1v) is 0. The molecule has 0 aromatic carbocycles. The van der Waals surface area contributed by atoms with Crippen LogP contribution in [0.5, 0.6) is 0 Å². The Morgan fingerprint density at radius 3 is 0.0247 bits per heavy atom. The molecule has 0 nitrogen and oxygen atoms in total. The SMILES string of the molecule is C.C.C.C.C.C.C.C.C.C.C.C.C.C.C.C.C.C.C.C.C.C.C.C.C.C.C.C.C.C.C.C.C.C.C.C.C.C.C.C.C.C.C.C.C.C.C.C.C.C.C.C.C.C.C.C.C.C.C.C.C.C.C.C.C.C.C.C.C.C.C.C.C.C.C.C.C.C.C.C.C.[3HH]. The maximum atomic E-state index is 0. The predicted octanol–water partition coefficient (Wildman–Crippen LogP) is 51.8. The zero-order valence-electron chi connectivity index (χ0n) is 0. The molecule has 0 aliphatic carbocycles. The molecule has 0 aromatic rings. The van der Waals surface area contributed by atoms with Gasteiger partial charge in [0.2, 0.25) is 0 Å². The lowest BCUT2D eigenvalue weighted by atomic mass is 12.0. The fourth-order valence-corrected chi connectivity index (χ4v) is 0. The lowest BCUT2D eigenvalue weighted by molar-refractivity contribution is 2.50. The van der Waals surface area contributed by atoms with Crippen LogP contribution in [0.3, 0.4) is 0 Å². The molecule has 0 heterocycles. The summed E-state index contributed by atoms with van der Waals surface area (Å²) < 4.78 is 0. The van der Waals surface area contributed by atoms with E-state index in [4.69, 9.17) is 0 Å². The Kier molecular flexibility index (Phi) is 0. The van der Waals surface area contributed by atoms with Gasteiger partial charge in [0.15, 0.2) is 0 Å². The van der Waals surface area contributed by atoms with Crippen LogP contribution in [-0.4, -0.2) is 0 Å². The summed E-state index contributed by atoms with van der Waals surface area (Å²) in [6, 6.07) is 0. The quantitative estimate of drug-likeness (QED) is 0.227. The van der Waals surface area contributed by atoms with Gasteiger partial charge in [0.1, 0.15) is 0 Å². The van der Waals surface area contributed by atoms with E-state index < -0.39 is 0 Å². The van der Waals surface area contributed by atoms with E-state index in [1.807, 2.05) is 0 Å². The molecule has 0 saturated carbocycles. The summed E-state index contributed by atoms with van der Waals surface area (Å²) in [6.45, 7) is 0. The molecule has 0 aromatic heterocycles. The summed E-state index contributed by atoms with van der Waals surface area (Å²) in [4.78, 5) is 0. The van der Waals surface area contributed by atoms with E-state index in [2.05, 4.69) is 0 Å². The molecule has 0 radical (unpaired) electrons. The Bertz CT molecular complexity index is 7.79. The van der Waals surface area contributed by atoms with Crippen molar-refractivity contribution in [1.29, 1.82) is 0 Å². The fourth-order valence-electron chi connectivity index (χ4n) is 0. The van der Waals surface area contributed by atoms with E-state index in [1.54, 1.807) is 0 Å².